The van der Waals surface area contributed by atoms with E-state index in [0.717, 1.165) is 0 Å². The second-order valence-electron chi connectivity index (χ2n) is 5.29. The quantitative estimate of drug-likeness (QED) is 0.358. The van der Waals surface area contributed by atoms with Crippen molar-refractivity contribution in [1.29, 1.82) is 0 Å². The van der Waals surface area contributed by atoms with E-state index in [1.54, 1.807) is 12.1 Å². The van der Waals surface area contributed by atoms with Crippen molar-refractivity contribution in [3.63, 3.8) is 0 Å². The predicted octanol–water partition coefficient (Wildman–Crippen LogP) is -5.27. The summed E-state index contributed by atoms with van der Waals surface area (Å²) in [5, 5.41) is 40.7. The minimum Gasteiger partial charge on any atom is -0.547 e. The average Bonchev–Trinajstić information content (AvgIpc) is 2.54. The number of benzene rings is 1. The van der Waals surface area contributed by atoms with Gasteiger partial charge in [0, 0.05) is 17.5 Å². The smallest absolute Gasteiger partial charge is 0.547 e. The third-order valence-electron chi connectivity index (χ3n) is 3.65. The fraction of sp³-hybridized carbons (Fsp3) is 0.333. The molecule has 0 bridgehead atoms. The molecule has 1 aromatic carbocycles. The summed E-state index contributed by atoms with van der Waals surface area (Å²) in [4.78, 5) is 22.2. The zero-order valence-corrected chi connectivity index (χ0v) is 15.1. The van der Waals surface area contributed by atoms with E-state index in [1.165, 1.54) is 18.2 Å². The molecule has 128 valence electrons. The molecule has 0 amide bonds. The molecular weight excluding hydrogens is 353 g/mol. The van der Waals surface area contributed by atoms with Gasteiger partial charge in [0.05, 0.1) is 5.97 Å². The number of hydrogen-bond donors (Lipinski definition) is 3. The number of aliphatic carboxylic acids is 1. The second kappa shape index (κ2) is 7.83. The molecule has 25 heavy (non-hydrogen) atoms. The second-order valence-corrected chi connectivity index (χ2v) is 5.29. The first-order chi connectivity index (χ1) is 11.4. The molecule has 1 aromatic heterocycles. The molecule has 0 radical (unpaired) electrons. The summed E-state index contributed by atoms with van der Waals surface area (Å²) in [5.41, 5.74) is -0.355. The fourth-order valence-corrected chi connectivity index (χ4v) is 2.39. The van der Waals surface area contributed by atoms with Crippen molar-refractivity contribution in [2.24, 2.45) is 0 Å². The molecular formula is C15H13NaO9. The van der Waals surface area contributed by atoms with Crippen molar-refractivity contribution in [2.75, 3.05) is 0 Å². The standard InChI is InChI=1S/C15H14O9.Na/c16-9-4-2-6-1-3-7(5-8(6)23-9)22-15-12(19)10(17)11(18)13(24-15)14(20)21;/h1-5,10-13,15,17-19H,(H,20,21);/q;+1/p-1/t10-,11-,12+,13-,15+;/m0./s1/i1+1,3+1,5+1,6+1,7+1,8+1;. The summed E-state index contributed by atoms with van der Waals surface area (Å²) in [6, 6.07) is 7.19. The third kappa shape index (κ3) is 4.04. The Morgan fingerprint density at radius 3 is 2.44 bits per heavy atom. The van der Waals surface area contributed by atoms with Crippen molar-refractivity contribution < 1.29 is 68.7 Å². The van der Waals surface area contributed by atoms with Gasteiger partial charge in [-0.1, -0.05) is 0 Å². The monoisotopic (exact) mass is 366 g/mol. The number of carboxylic acids is 1. The van der Waals surface area contributed by atoms with Crippen LogP contribution in [-0.4, -0.2) is 52.0 Å². The molecule has 0 spiro atoms. The van der Waals surface area contributed by atoms with Gasteiger partial charge in [0.25, 0.3) is 0 Å². The van der Waals surface area contributed by atoms with E-state index < -0.39 is 42.3 Å². The number of ether oxygens (including phenoxy) is 2. The van der Waals surface area contributed by atoms with Crippen molar-refractivity contribution in [3.8, 4) is 5.75 Å². The van der Waals surface area contributed by atoms with Crippen molar-refractivity contribution in [1.82, 2.24) is 0 Å². The van der Waals surface area contributed by atoms with Crippen LogP contribution in [0.15, 0.2) is 39.5 Å². The molecule has 1 aliphatic heterocycles. The van der Waals surface area contributed by atoms with E-state index in [1.807, 2.05) is 0 Å². The number of carboxylic acid groups (broad SMARTS) is 1. The molecule has 1 saturated heterocycles. The van der Waals surface area contributed by atoms with Gasteiger partial charge in [-0.3, -0.25) is 0 Å². The normalized spacial score (nSPS) is 29.0. The summed E-state index contributed by atoms with van der Waals surface area (Å²) in [5.74, 6) is -1.66. The number of carbonyl (C=O) groups excluding carboxylic acids is 1. The van der Waals surface area contributed by atoms with Crippen LogP contribution in [-0.2, 0) is 9.53 Å². The first-order valence-electron chi connectivity index (χ1n) is 6.98. The Morgan fingerprint density at radius 1 is 1.08 bits per heavy atom. The molecule has 3 rings (SSSR count). The SMILES string of the molecule is O=C([O-])[C@H]1O[C@@H](O[13c]2[13cH][13cH][13c]3ccc(=O)o[13c]3[13cH]2)[C@H](O)[C@@H](O)[C@@H]1O.[Na+]. The third-order valence-corrected chi connectivity index (χ3v) is 3.65. The van der Waals surface area contributed by atoms with E-state index in [4.69, 9.17) is 13.9 Å². The fourth-order valence-electron chi connectivity index (χ4n) is 2.39. The van der Waals surface area contributed by atoms with Gasteiger partial charge < -0.3 is 39.1 Å². The molecule has 0 aliphatic carbocycles. The minimum atomic E-state index is -1.87. The van der Waals surface area contributed by atoms with Crippen LogP contribution in [0, 0.1) is 0 Å². The van der Waals surface area contributed by atoms with Crippen molar-refractivity contribution in [2.45, 2.75) is 30.7 Å². The van der Waals surface area contributed by atoms with Gasteiger partial charge in [0.15, 0.2) is 0 Å². The van der Waals surface area contributed by atoms with Crippen LogP contribution in [0.3, 0.4) is 0 Å². The van der Waals surface area contributed by atoms with Gasteiger partial charge in [-0.2, -0.15) is 0 Å². The van der Waals surface area contributed by atoms with Crippen molar-refractivity contribution in [3.05, 3.63) is 40.8 Å². The topological polar surface area (TPSA) is 149 Å². The molecule has 2 heterocycles. The summed E-state index contributed by atoms with van der Waals surface area (Å²) in [7, 11) is 0. The van der Waals surface area contributed by atoms with E-state index in [0.29, 0.717) is 5.39 Å². The van der Waals surface area contributed by atoms with Crippen LogP contribution in [0.25, 0.3) is 11.0 Å². The maximum Gasteiger partial charge on any atom is 1.00 e. The summed E-state index contributed by atoms with van der Waals surface area (Å²) < 4.78 is 15.2. The van der Waals surface area contributed by atoms with Crippen LogP contribution >= 0.6 is 0 Å². The molecule has 10 heteroatoms. The molecule has 1 aliphatic rings. The number of rotatable bonds is 3. The van der Waals surface area contributed by atoms with E-state index in [9.17, 15) is 30.0 Å². The van der Waals surface area contributed by atoms with E-state index in [2.05, 4.69) is 0 Å². The molecule has 0 unspecified atom stereocenters. The molecule has 5 atom stereocenters. The number of hydrogen-bond acceptors (Lipinski definition) is 9. The van der Waals surface area contributed by atoms with Crippen molar-refractivity contribution >= 4 is 16.9 Å². The number of fused-ring (bicyclic) bond motifs is 1. The maximum atomic E-state index is 11.2. The summed E-state index contributed by atoms with van der Waals surface area (Å²) in [6.45, 7) is 0. The zero-order chi connectivity index (χ0) is 17.4. The van der Waals surface area contributed by atoms with E-state index in [-0.39, 0.29) is 40.9 Å². The van der Waals surface area contributed by atoms with Crippen LogP contribution in [0.2, 0.25) is 0 Å². The Morgan fingerprint density at radius 2 is 1.76 bits per heavy atom. The summed E-state index contributed by atoms with van der Waals surface area (Å²) >= 11 is 0. The Labute approximate surface area is 162 Å². The van der Waals surface area contributed by atoms with Crippen LogP contribution < -0.4 is 45.0 Å². The van der Waals surface area contributed by atoms with Gasteiger partial charge in [0.2, 0.25) is 6.29 Å². The number of carbonyl (C=O) groups is 1. The van der Waals surface area contributed by atoms with E-state index >= 15 is 0 Å². The molecule has 9 nitrogen and oxygen atoms in total. The molecule has 0 saturated carbocycles. The van der Waals surface area contributed by atoms with Crippen LogP contribution in [0.5, 0.6) is 5.75 Å². The zero-order valence-electron chi connectivity index (χ0n) is 13.1. The largest absolute Gasteiger partial charge is 1.00 e. The first-order valence-corrected chi connectivity index (χ1v) is 6.98. The first kappa shape index (κ1) is 19.9. The Kier molecular flexibility index (Phi) is 6.22. The Balaban J connectivity index is 0.00000225. The Hall–Kier alpha value is -1.46. The van der Waals surface area contributed by atoms with Gasteiger partial charge in [0.1, 0.15) is 35.7 Å². The van der Waals surface area contributed by atoms with Gasteiger partial charge in [-0.25, -0.2) is 4.79 Å². The minimum absolute atomic E-state index is 0. The Bertz CT molecular complexity index is 820. The molecule has 1 fully saturated rings. The number of aliphatic hydroxyl groups excluding tert-OH is 3. The van der Waals surface area contributed by atoms with Crippen LogP contribution in [0.4, 0.5) is 0 Å². The maximum absolute atomic E-state index is 11.2. The van der Waals surface area contributed by atoms with Gasteiger partial charge >= 0.3 is 35.2 Å². The summed E-state index contributed by atoms with van der Waals surface area (Å²) in [6.07, 6.45) is -8.80. The predicted molar refractivity (Wildman–Crippen MR) is 74.8 cm³/mol. The molecule has 2 aromatic rings. The average molecular weight is 366 g/mol. The van der Waals surface area contributed by atoms with Gasteiger partial charge in [-0.15, -0.1) is 0 Å². The number of aliphatic hydroxyl groups is 3. The molecule has 3 N–H and O–H groups in total. The van der Waals surface area contributed by atoms with Gasteiger partial charge in [-0.05, 0) is 18.2 Å². The van der Waals surface area contributed by atoms with Crippen LogP contribution in [0.1, 0.15) is 0 Å².